The first-order chi connectivity index (χ1) is 14.2. The van der Waals surface area contributed by atoms with Crippen LogP contribution in [0.2, 0.25) is 10.0 Å². The van der Waals surface area contributed by atoms with Crippen molar-refractivity contribution in [3.05, 3.63) is 69.2 Å². The van der Waals surface area contributed by atoms with Crippen molar-refractivity contribution in [1.29, 1.82) is 0 Å². The van der Waals surface area contributed by atoms with Crippen molar-refractivity contribution in [2.45, 2.75) is 59.0 Å². The van der Waals surface area contributed by atoms with E-state index in [0.717, 1.165) is 11.1 Å². The van der Waals surface area contributed by atoms with Gasteiger partial charge >= 0.3 is 0 Å². The summed E-state index contributed by atoms with van der Waals surface area (Å²) in [5, 5.41) is 3.68. The van der Waals surface area contributed by atoms with E-state index in [1.54, 1.807) is 24.0 Å². The molecule has 0 bridgehead atoms. The molecule has 0 aliphatic heterocycles. The molecular formula is C24H30Cl2N2O2. The maximum absolute atomic E-state index is 13.1. The summed E-state index contributed by atoms with van der Waals surface area (Å²) in [5.74, 6) is 0.222. The van der Waals surface area contributed by atoms with E-state index >= 15 is 0 Å². The lowest BCUT2D eigenvalue weighted by Gasteiger charge is -2.29. The molecule has 0 aliphatic rings. The van der Waals surface area contributed by atoms with Crippen LogP contribution in [0, 0.1) is 0 Å². The van der Waals surface area contributed by atoms with E-state index in [4.69, 9.17) is 23.2 Å². The molecule has 2 aromatic carbocycles. The third kappa shape index (κ3) is 6.75. The van der Waals surface area contributed by atoms with Crippen LogP contribution >= 0.6 is 23.2 Å². The average Bonchev–Trinajstić information content (AvgIpc) is 2.72. The van der Waals surface area contributed by atoms with Gasteiger partial charge in [0.15, 0.2) is 0 Å². The summed E-state index contributed by atoms with van der Waals surface area (Å²) < 4.78 is 0. The third-order valence-electron chi connectivity index (χ3n) is 5.13. The van der Waals surface area contributed by atoms with Gasteiger partial charge in [-0.25, -0.2) is 0 Å². The highest BCUT2D eigenvalue weighted by Crippen LogP contribution is 2.24. The quantitative estimate of drug-likeness (QED) is 0.542. The molecule has 0 saturated heterocycles. The van der Waals surface area contributed by atoms with Crippen LogP contribution in [0.15, 0.2) is 42.5 Å². The van der Waals surface area contributed by atoms with Crippen molar-refractivity contribution in [3.63, 3.8) is 0 Å². The van der Waals surface area contributed by atoms with Gasteiger partial charge in [0.05, 0.1) is 10.0 Å². The summed E-state index contributed by atoms with van der Waals surface area (Å²) in [7, 11) is 0. The smallest absolute Gasteiger partial charge is 0.242 e. The maximum atomic E-state index is 13.1. The zero-order valence-corrected chi connectivity index (χ0v) is 19.6. The highest BCUT2D eigenvalue weighted by Gasteiger charge is 2.25. The van der Waals surface area contributed by atoms with Crippen LogP contribution in [0.3, 0.4) is 0 Å². The van der Waals surface area contributed by atoms with Crippen molar-refractivity contribution in [3.8, 4) is 0 Å². The van der Waals surface area contributed by atoms with Crippen LogP contribution in [0.25, 0.3) is 0 Å². The van der Waals surface area contributed by atoms with Gasteiger partial charge in [-0.05, 0) is 55.0 Å². The second-order valence-electron chi connectivity index (χ2n) is 7.74. The van der Waals surface area contributed by atoms with Gasteiger partial charge in [-0.3, -0.25) is 9.59 Å². The largest absolute Gasteiger partial charge is 0.355 e. The van der Waals surface area contributed by atoms with Crippen LogP contribution in [-0.4, -0.2) is 29.3 Å². The molecule has 6 heteroatoms. The second kappa shape index (κ2) is 11.4. The lowest BCUT2D eigenvalue weighted by molar-refractivity contribution is -0.140. The molecule has 2 rings (SSSR count). The Bertz CT molecular complexity index is 866. The number of halogens is 2. The van der Waals surface area contributed by atoms with E-state index in [-0.39, 0.29) is 11.8 Å². The molecule has 0 spiro atoms. The fourth-order valence-corrected chi connectivity index (χ4v) is 3.52. The first-order valence-corrected chi connectivity index (χ1v) is 11.1. The Morgan fingerprint density at radius 3 is 2.17 bits per heavy atom. The Hall–Kier alpha value is -2.04. The van der Waals surface area contributed by atoms with Gasteiger partial charge < -0.3 is 10.2 Å². The van der Waals surface area contributed by atoms with Gasteiger partial charge in [0.2, 0.25) is 11.8 Å². The average molecular weight is 449 g/mol. The normalized spacial score (nSPS) is 12.0. The number of carbonyl (C=O) groups excluding carboxylic acids is 2. The zero-order chi connectivity index (χ0) is 22.3. The molecule has 0 fully saturated rings. The molecule has 0 unspecified atom stereocenters. The van der Waals surface area contributed by atoms with Crippen LogP contribution in [0.1, 0.15) is 56.7 Å². The Kier molecular flexibility index (Phi) is 9.19. The van der Waals surface area contributed by atoms with Crippen molar-refractivity contribution < 1.29 is 9.59 Å². The minimum atomic E-state index is -0.588. The molecule has 0 aromatic heterocycles. The number of hydrogen-bond donors (Lipinski definition) is 1. The molecule has 0 saturated carbocycles. The fourth-order valence-electron chi connectivity index (χ4n) is 3.20. The number of carbonyl (C=O) groups is 2. The zero-order valence-electron chi connectivity index (χ0n) is 18.0. The molecule has 2 aromatic rings. The number of likely N-dealkylation sites (N-methyl/N-ethyl adjacent to an activating group) is 1. The van der Waals surface area contributed by atoms with Crippen LogP contribution in [0.4, 0.5) is 0 Å². The molecule has 1 N–H and O–H groups in total. The van der Waals surface area contributed by atoms with Gasteiger partial charge in [-0.2, -0.15) is 0 Å². The highest BCUT2D eigenvalue weighted by atomic mass is 35.5. The second-order valence-corrected chi connectivity index (χ2v) is 8.55. The molecule has 30 heavy (non-hydrogen) atoms. The molecule has 0 radical (unpaired) electrons. The SMILES string of the molecule is CCNC(=O)[C@H](C)N(Cc1ccc(Cl)c(Cl)c1)C(=O)CCc1ccc(C(C)C)cc1. The molecule has 4 nitrogen and oxygen atoms in total. The number of amides is 2. The number of aryl methyl sites for hydroxylation is 1. The monoisotopic (exact) mass is 448 g/mol. The predicted molar refractivity (Wildman–Crippen MR) is 124 cm³/mol. The number of hydrogen-bond acceptors (Lipinski definition) is 2. The van der Waals surface area contributed by atoms with E-state index in [2.05, 4.69) is 43.4 Å². The number of nitrogens with zero attached hydrogens (tertiary/aromatic N) is 1. The Labute approximate surface area is 189 Å². The van der Waals surface area contributed by atoms with Gasteiger partial charge in [0, 0.05) is 19.5 Å². The van der Waals surface area contributed by atoms with E-state index in [0.29, 0.717) is 41.9 Å². The topological polar surface area (TPSA) is 49.4 Å². The molecule has 1 atom stereocenters. The number of benzene rings is 2. The van der Waals surface area contributed by atoms with E-state index in [1.807, 2.05) is 13.0 Å². The molecule has 162 valence electrons. The molecule has 0 aliphatic carbocycles. The Morgan fingerprint density at radius 2 is 1.60 bits per heavy atom. The summed E-state index contributed by atoms with van der Waals surface area (Å²) in [6, 6.07) is 13.0. The van der Waals surface area contributed by atoms with Crippen molar-refractivity contribution >= 4 is 35.0 Å². The first kappa shape index (κ1) is 24.2. The van der Waals surface area contributed by atoms with E-state index in [9.17, 15) is 9.59 Å². The standard InChI is InChI=1S/C24H30Cl2N2O2/c1-5-27-24(30)17(4)28(15-19-8-12-21(25)22(26)14-19)23(29)13-9-18-6-10-20(11-7-18)16(2)3/h6-8,10-12,14,16-17H,5,9,13,15H2,1-4H3,(H,27,30)/t17-/m0/s1. The van der Waals surface area contributed by atoms with Crippen LogP contribution in [-0.2, 0) is 22.6 Å². The van der Waals surface area contributed by atoms with E-state index < -0.39 is 6.04 Å². The Balaban J connectivity index is 2.14. The summed E-state index contributed by atoms with van der Waals surface area (Å²) in [5.41, 5.74) is 3.21. The summed E-state index contributed by atoms with van der Waals surface area (Å²) in [4.78, 5) is 27.1. The lowest BCUT2D eigenvalue weighted by atomic mass is 10.00. The first-order valence-electron chi connectivity index (χ1n) is 10.3. The van der Waals surface area contributed by atoms with Gasteiger partial charge in [0.1, 0.15) is 6.04 Å². The highest BCUT2D eigenvalue weighted by molar-refractivity contribution is 6.42. The minimum Gasteiger partial charge on any atom is -0.355 e. The van der Waals surface area contributed by atoms with Crippen LogP contribution in [0.5, 0.6) is 0 Å². The van der Waals surface area contributed by atoms with Gasteiger partial charge in [-0.1, -0.05) is 67.4 Å². The summed E-state index contributed by atoms with van der Waals surface area (Å²) in [6.07, 6.45) is 0.948. The number of rotatable bonds is 9. The van der Waals surface area contributed by atoms with Crippen molar-refractivity contribution in [2.75, 3.05) is 6.54 Å². The number of nitrogens with one attached hydrogen (secondary N) is 1. The van der Waals surface area contributed by atoms with Crippen molar-refractivity contribution in [2.24, 2.45) is 0 Å². The predicted octanol–water partition coefficient (Wildman–Crippen LogP) is 5.60. The minimum absolute atomic E-state index is 0.0761. The van der Waals surface area contributed by atoms with Gasteiger partial charge in [0.25, 0.3) is 0 Å². The Morgan fingerprint density at radius 1 is 0.967 bits per heavy atom. The molecular weight excluding hydrogens is 419 g/mol. The van der Waals surface area contributed by atoms with E-state index in [1.165, 1.54) is 5.56 Å². The van der Waals surface area contributed by atoms with Gasteiger partial charge in [-0.15, -0.1) is 0 Å². The fraction of sp³-hybridized carbons (Fsp3) is 0.417. The molecule has 2 amide bonds. The maximum Gasteiger partial charge on any atom is 0.242 e. The van der Waals surface area contributed by atoms with Crippen molar-refractivity contribution in [1.82, 2.24) is 10.2 Å². The summed E-state index contributed by atoms with van der Waals surface area (Å²) in [6.45, 7) is 8.72. The molecule has 0 heterocycles. The third-order valence-corrected chi connectivity index (χ3v) is 5.87. The van der Waals surface area contributed by atoms with Crippen LogP contribution < -0.4 is 5.32 Å². The summed E-state index contributed by atoms with van der Waals surface area (Å²) >= 11 is 12.1. The lowest BCUT2D eigenvalue weighted by Crippen LogP contribution is -2.47.